The van der Waals surface area contributed by atoms with Crippen LogP contribution in [0.15, 0.2) is 23.2 Å². The van der Waals surface area contributed by atoms with Gasteiger partial charge < -0.3 is 10.1 Å². The molecular weight excluding hydrogens is 280 g/mol. The molecule has 5 heteroatoms. The van der Waals surface area contributed by atoms with E-state index in [9.17, 15) is 9.59 Å². The highest BCUT2D eigenvalue weighted by Crippen LogP contribution is 2.28. The number of benzene rings is 1. The Bertz CT molecular complexity index is 649. The first kappa shape index (κ1) is 16.2. The summed E-state index contributed by atoms with van der Waals surface area (Å²) in [6.45, 7) is 9.67. The largest absolute Gasteiger partial charge is 0.462 e. The molecule has 0 saturated carbocycles. The molecule has 0 fully saturated rings. The van der Waals surface area contributed by atoms with Gasteiger partial charge in [-0.25, -0.2) is 4.79 Å². The SMILES string of the molecule is CCOC(=O)c1cc(C)ccc1C1=NC(C)(C(C)C)C(=O)N1. The highest BCUT2D eigenvalue weighted by atomic mass is 16.5. The molecule has 5 nitrogen and oxygen atoms in total. The summed E-state index contributed by atoms with van der Waals surface area (Å²) in [7, 11) is 0. The molecule has 0 aromatic heterocycles. The molecule has 2 rings (SSSR count). The maximum atomic E-state index is 12.3. The van der Waals surface area contributed by atoms with Gasteiger partial charge in [0.05, 0.1) is 12.2 Å². The molecule has 22 heavy (non-hydrogen) atoms. The fourth-order valence-electron chi connectivity index (χ4n) is 2.31. The van der Waals surface area contributed by atoms with Crippen LogP contribution in [0, 0.1) is 12.8 Å². The summed E-state index contributed by atoms with van der Waals surface area (Å²) >= 11 is 0. The predicted octanol–water partition coefficient (Wildman–Crippen LogP) is 2.46. The molecule has 1 heterocycles. The van der Waals surface area contributed by atoms with E-state index in [0.717, 1.165) is 5.56 Å². The van der Waals surface area contributed by atoms with E-state index in [1.54, 1.807) is 26.0 Å². The maximum Gasteiger partial charge on any atom is 0.338 e. The summed E-state index contributed by atoms with van der Waals surface area (Å²) in [6, 6.07) is 5.44. The molecule has 1 N–H and O–H groups in total. The van der Waals surface area contributed by atoms with Crippen molar-refractivity contribution in [1.29, 1.82) is 0 Å². The third-order valence-corrected chi connectivity index (χ3v) is 4.09. The number of carbonyl (C=O) groups excluding carboxylic acids is 2. The molecule has 0 bridgehead atoms. The Hall–Kier alpha value is -2.17. The van der Waals surface area contributed by atoms with Crippen molar-refractivity contribution in [3.05, 3.63) is 34.9 Å². The molecule has 0 saturated heterocycles. The third-order valence-electron chi connectivity index (χ3n) is 4.09. The van der Waals surface area contributed by atoms with Crippen LogP contribution in [-0.2, 0) is 9.53 Å². The summed E-state index contributed by atoms with van der Waals surface area (Å²) in [5.74, 6) is -0.0603. The first-order valence-corrected chi connectivity index (χ1v) is 7.49. The van der Waals surface area contributed by atoms with E-state index < -0.39 is 11.5 Å². The fraction of sp³-hybridized carbons (Fsp3) is 0.471. The van der Waals surface area contributed by atoms with E-state index in [2.05, 4.69) is 10.3 Å². The molecule has 0 spiro atoms. The van der Waals surface area contributed by atoms with Crippen LogP contribution in [0.1, 0.15) is 49.2 Å². The quantitative estimate of drug-likeness (QED) is 0.869. The lowest BCUT2D eigenvalue weighted by Crippen LogP contribution is -2.41. The molecule has 118 valence electrons. The summed E-state index contributed by atoms with van der Waals surface area (Å²) in [4.78, 5) is 29.0. The molecular formula is C17H22N2O3. The predicted molar refractivity (Wildman–Crippen MR) is 85.1 cm³/mol. The Morgan fingerprint density at radius 3 is 2.64 bits per heavy atom. The Morgan fingerprint density at radius 2 is 2.09 bits per heavy atom. The van der Waals surface area contributed by atoms with E-state index in [4.69, 9.17) is 4.74 Å². The zero-order chi connectivity index (χ0) is 16.5. The van der Waals surface area contributed by atoms with Crippen molar-refractivity contribution in [1.82, 2.24) is 5.32 Å². The van der Waals surface area contributed by atoms with Crippen molar-refractivity contribution in [2.45, 2.75) is 40.2 Å². The van der Waals surface area contributed by atoms with Crippen molar-refractivity contribution in [3.63, 3.8) is 0 Å². The number of nitrogens with one attached hydrogen (secondary N) is 1. The van der Waals surface area contributed by atoms with Gasteiger partial charge in [0, 0.05) is 5.56 Å². The number of nitrogens with zero attached hydrogens (tertiary/aromatic N) is 1. The number of hydrogen-bond acceptors (Lipinski definition) is 4. The summed E-state index contributed by atoms with van der Waals surface area (Å²) in [6.07, 6.45) is 0. The first-order chi connectivity index (χ1) is 10.3. The molecule has 0 radical (unpaired) electrons. The minimum atomic E-state index is -0.813. The van der Waals surface area contributed by atoms with Gasteiger partial charge in [-0.05, 0) is 32.8 Å². The highest BCUT2D eigenvalue weighted by Gasteiger charge is 2.42. The highest BCUT2D eigenvalue weighted by molar-refractivity contribution is 6.18. The minimum Gasteiger partial charge on any atom is -0.462 e. The fourth-order valence-corrected chi connectivity index (χ4v) is 2.31. The normalized spacial score (nSPS) is 20.8. The Labute approximate surface area is 130 Å². The zero-order valence-corrected chi connectivity index (χ0v) is 13.7. The van der Waals surface area contributed by atoms with Gasteiger partial charge in [0.25, 0.3) is 5.91 Å². The smallest absolute Gasteiger partial charge is 0.338 e. The minimum absolute atomic E-state index is 0.0569. The number of ether oxygens (including phenoxy) is 1. The van der Waals surface area contributed by atoms with Crippen LogP contribution in [0.25, 0.3) is 0 Å². The second-order valence-corrected chi connectivity index (χ2v) is 5.99. The second kappa shape index (κ2) is 5.91. The number of rotatable bonds is 4. The molecule has 1 aromatic carbocycles. The second-order valence-electron chi connectivity index (χ2n) is 5.99. The van der Waals surface area contributed by atoms with Gasteiger partial charge in [-0.15, -0.1) is 0 Å². The van der Waals surface area contributed by atoms with E-state index in [0.29, 0.717) is 23.6 Å². The van der Waals surface area contributed by atoms with Gasteiger partial charge in [0.2, 0.25) is 0 Å². The molecule has 0 aliphatic carbocycles. The number of aryl methyl sites for hydroxylation is 1. The van der Waals surface area contributed by atoms with Crippen LogP contribution in [-0.4, -0.2) is 29.9 Å². The Balaban J connectivity index is 2.50. The number of hydrogen-bond donors (Lipinski definition) is 1. The average Bonchev–Trinajstić information content (AvgIpc) is 2.76. The van der Waals surface area contributed by atoms with E-state index in [-0.39, 0.29) is 11.8 Å². The molecule has 1 aliphatic heterocycles. The van der Waals surface area contributed by atoms with Crippen molar-refractivity contribution in [2.24, 2.45) is 10.9 Å². The van der Waals surface area contributed by atoms with Gasteiger partial charge in [0.1, 0.15) is 11.4 Å². The monoisotopic (exact) mass is 302 g/mol. The van der Waals surface area contributed by atoms with Crippen LogP contribution in [0.2, 0.25) is 0 Å². The lowest BCUT2D eigenvalue weighted by molar-refractivity contribution is -0.124. The van der Waals surface area contributed by atoms with Crippen molar-refractivity contribution < 1.29 is 14.3 Å². The van der Waals surface area contributed by atoms with E-state index in [1.165, 1.54) is 0 Å². The zero-order valence-electron chi connectivity index (χ0n) is 13.7. The van der Waals surface area contributed by atoms with E-state index in [1.807, 2.05) is 26.8 Å². The van der Waals surface area contributed by atoms with Gasteiger partial charge in [-0.3, -0.25) is 9.79 Å². The van der Waals surface area contributed by atoms with Crippen LogP contribution in [0.4, 0.5) is 0 Å². The number of esters is 1. The number of carbonyl (C=O) groups is 2. The molecule has 1 atom stereocenters. The lowest BCUT2D eigenvalue weighted by atomic mass is 9.89. The summed E-state index contributed by atoms with van der Waals surface area (Å²) in [5.41, 5.74) is 1.16. The first-order valence-electron chi connectivity index (χ1n) is 7.49. The van der Waals surface area contributed by atoms with Gasteiger partial charge in [0.15, 0.2) is 0 Å². The van der Waals surface area contributed by atoms with Gasteiger partial charge >= 0.3 is 5.97 Å². The van der Waals surface area contributed by atoms with Crippen LogP contribution >= 0.6 is 0 Å². The Morgan fingerprint density at radius 1 is 1.41 bits per heavy atom. The molecule has 1 amide bonds. The summed E-state index contributed by atoms with van der Waals surface area (Å²) < 4.78 is 5.10. The summed E-state index contributed by atoms with van der Waals surface area (Å²) in [5, 5.41) is 2.80. The number of aliphatic imine (C=N–C) groups is 1. The molecule has 1 unspecified atom stereocenters. The number of amides is 1. The lowest BCUT2D eigenvalue weighted by Gasteiger charge is -2.21. The van der Waals surface area contributed by atoms with Crippen LogP contribution in [0.3, 0.4) is 0 Å². The molecule has 1 aliphatic rings. The molecule has 1 aromatic rings. The standard InChI is InChI=1S/C17H22N2O3/c1-6-22-15(20)13-9-11(4)7-8-12(13)14-18-16(21)17(5,19-14)10(2)3/h7-10H,6H2,1-5H3,(H,18,19,21). The van der Waals surface area contributed by atoms with Crippen molar-refractivity contribution in [3.8, 4) is 0 Å². The topological polar surface area (TPSA) is 67.8 Å². The van der Waals surface area contributed by atoms with E-state index >= 15 is 0 Å². The number of amidine groups is 1. The van der Waals surface area contributed by atoms with Gasteiger partial charge in [-0.2, -0.15) is 0 Å². The van der Waals surface area contributed by atoms with Crippen molar-refractivity contribution in [2.75, 3.05) is 6.61 Å². The van der Waals surface area contributed by atoms with Crippen LogP contribution in [0.5, 0.6) is 0 Å². The maximum absolute atomic E-state index is 12.3. The van der Waals surface area contributed by atoms with Crippen LogP contribution < -0.4 is 5.32 Å². The van der Waals surface area contributed by atoms with Gasteiger partial charge in [-0.1, -0.05) is 31.5 Å². The van der Waals surface area contributed by atoms with Crippen molar-refractivity contribution >= 4 is 17.7 Å². The Kier molecular flexibility index (Phi) is 4.35. The average molecular weight is 302 g/mol. The third kappa shape index (κ3) is 2.75.